The maximum absolute atomic E-state index is 12.6. The Hall–Kier alpha value is -2.52. The smallest absolute Gasteiger partial charge is 0.253 e. The van der Waals surface area contributed by atoms with Gasteiger partial charge in [0.25, 0.3) is 5.91 Å². The van der Waals surface area contributed by atoms with E-state index in [-0.39, 0.29) is 17.6 Å². The second-order valence-corrected chi connectivity index (χ2v) is 9.13. The van der Waals surface area contributed by atoms with Crippen molar-refractivity contribution in [3.63, 3.8) is 0 Å². The molecule has 1 atom stereocenters. The average molecular weight is 525 g/mol. The lowest BCUT2D eigenvalue weighted by molar-refractivity contribution is -0.113. The summed E-state index contributed by atoms with van der Waals surface area (Å²) in [6.45, 7) is 5.97. The first-order valence-corrected chi connectivity index (χ1v) is 11.9. The number of nitrogens with zero attached hydrogens (tertiary/aromatic N) is 3. The molecule has 0 aliphatic carbocycles. The monoisotopic (exact) mass is 523 g/mol. The highest BCUT2D eigenvalue weighted by molar-refractivity contribution is 7.99. The van der Waals surface area contributed by atoms with E-state index in [1.165, 1.54) is 11.8 Å². The fourth-order valence-electron chi connectivity index (χ4n) is 2.97. The Morgan fingerprint density at radius 3 is 2.52 bits per heavy atom. The molecule has 172 valence electrons. The predicted octanol–water partition coefficient (Wildman–Crippen LogP) is 5.65. The van der Waals surface area contributed by atoms with E-state index in [2.05, 4.69) is 27.4 Å². The molecule has 0 fully saturated rings. The summed E-state index contributed by atoms with van der Waals surface area (Å²) >= 11 is 19.3. The normalized spacial score (nSPS) is 11.6. The SMILES string of the molecule is C=CCn1c(SCC(=O)Nc2cc(Cl)cc(Cl)c2)nnc1[C@@H](C)NC(=O)c1ccccc1Cl. The molecule has 0 radical (unpaired) electrons. The molecule has 7 nitrogen and oxygen atoms in total. The van der Waals surface area contributed by atoms with E-state index in [4.69, 9.17) is 34.8 Å². The third kappa shape index (κ3) is 6.74. The van der Waals surface area contributed by atoms with Gasteiger partial charge >= 0.3 is 0 Å². The van der Waals surface area contributed by atoms with Crippen LogP contribution in [0, 0.1) is 0 Å². The Bertz CT molecular complexity index is 1160. The van der Waals surface area contributed by atoms with E-state index in [9.17, 15) is 9.59 Å². The highest BCUT2D eigenvalue weighted by Gasteiger charge is 2.21. The van der Waals surface area contributed by atoms with E-state index in [1.807, 2.05) is 0 Å². The molecule has 0 unspecified atom stereocenters. The molecular weight excluding hydrogens is 505 g/mol. The van der Waals surface area contributed by atoms with Crippen molar-refractivity contribution >= 4 is 64.1 Å². The van der Waals surface area contributed by atoms with Crippen LogP contribution in [0.2, 0.25) is 15.1 Å². The number of hydrogen-bond donors (Lipinski definition) is 2. The van der Waals surface area contributed by atoms with Crippen LogP contribution in [0.15, 0.2) is 60.3 Å². The molecule has 0 saturated heterocycles. The number of allylic oxidation sites excluding steroid dienone is 1. The fourth-order valence-corrected chi connectivity index (χ4v) is 4.47. The Balaban J connectivity index is 1.68. The molecule has 0 aliphatic heterocycles. The number of aromatic nitrogens is 3. The zero-order valence-corrected chi connectivity index (χ0v) is 20.6. The highest BCUT2D eigenvalue weighted by Crippen LogP contribution is 2.24. The maximum Gasteiger partial charge on any atom is 0.253 e. The van der Waals surface area contributed by atoms with Crippen molar-refractivity contribution in [1.29, 1.82) is 0 Å². The first kappa shape index (κ1) is 25.1. The second-order valence-electron chi connectivity index (χ2n) is 6.91. The molecule has 0 spiro atoms. The summed E-state index contributed by atoms with van der Waals surface area (Å²) in [6, 6.07) is 11.1. The third-order valence-corrected chi connectivity index (χ3v) is 6.12. The van der Waals surface area contributed by atoms with E-state index in [0.29, 0.717) is 43.8 Å². The zero-order valence-electron chi connectivity index (χ0n) is 17.5. The van der Waals surface area contributed by atoms with Crippen LogP contribution < -0.4 is 10.6 Å². The zero-order chi connectivity index (χ0) is 24.0. The fraction of sp³-hybridized carbons (Fsp3) is 0.182. The third-order valence-electron chi connectivity index (χ3n) is 4.39. The van der Waals surface area contributed by atoms with Gasteiger partial charge < -0.3 is 15.2 Å². The van der Waals surface area contributed by atoms with Gasteiger partial charge in [0.1, 0.15) is 0 Å². The summed E-state index contributed by atoms with van der Waals surface area (Å²) in [5.41, 5.74) is 0.871. The van der Waals surface area contributed by atoms with Gasteiger partial charge in [0.05, 0.1) is 22.4 Å². The van der Waals surface area contributed by atoms with Crippen LogP contribution in [0.4, 0.5) is 5.69 Å². The van der Waals surface area contributed by atoms with Crippen LogP contribution in [-0.2, 0) is 11.3 Å². The van der Waals surface area contributed by atoms with Crippen LogP contribution in [-0.4, -0.2) is 32.3 Å². The first-order valence-electron chi connectivity index (χ1n) is 9.76. The van der Waals surface area contributed by atoms with Crippen molar-refractivity contribution in [3.8, 4) is 0 Å². The quantitative estimate of drug-likeness (QED) is 0.279. The Morgan fingerprint density at radius 1 is 1.15 bits per heavy atom. The summed E-state index contributed by atoms with van der Waals surface area (Å²) in [5, 5.41) is 15.8. The summed E-state index contributed by atoms with van der Waals surface area (Å²) in [6.07, 6.45) is 1.69. The van der Waals surface area contributed by atoms with Crippen LogP contribution >= 0.6 is 46.6 Å². The minimum Gasteiger partial charge on any atom is -0.342 e. The lowest BCUT2D eigenvalue weighted by atomic mass is 10.2. The lowest BCUT2D eigenvalue weighted by Crippen LogP contribution is -2.29. The molecule has 33 heavy (non-hydrogen) atoms. The summed E-state index contributed by atoms with van der Waals surface area (Å²) in [7, 11) is 0. The van der Waals surface area contributed by atoms with Gasteiger partial charge in [-0.05, 0) is 37.3 Å². The molecule has 0 saturated carbocycles. The van der Waals surface area contributed by atoms with E-state index >= 15 is 0 Å². The van der Waals surface area contributed by atoms with E-state index in [0.717, 1.165) is 0 Å². The van der Waals surface area contributed by atoms with Crippen molar-refractivity contribution in [3.05, 3.63) is 81.6 Å². The maximum atomic E-state index is 12.6. The van der Waals surface area contributed by atoms with Crippen molar-refractivity contribution in [2.75, 3.05) is 11.1 Å². The molecule has 0 bridgehead atoms. The predicted molar refractivity (Wildman–Crippen MR) is 133 cm³/mol. The van der Waals surface area contributed by atoms with Crippen molar-refractivity contribution in [1.82, 2.24) is 20.1 Å². The molecule has 1 heterocycles. The molecule has 2 amide bonds. The molecular formula is C22H20Cl3N5O2S. The van der Waals surface area contributed by atoms with Gasteiger partial charge in [0.15, 0.2) is 11.0 Å². The van der Waals surface area contributed by atoms with Crippen molar-refractivity contribution in [2.45, 2.75) is 24.7 Å². The number of rotatable bonds is 9. The molecule has 11 heteroatoms. The number of carbonyl (C=O) groups excluding carboxylic acids is 2. The van der Waals surface area contributed by atoms with Crippen molar-refractivity contribution in [2.24, 2.45) is 0 Å². The van der Waals surface area contributed by atoms with Gasteiger partial charge in [-0.25, -0.2) is 0 Å². The van der Waals surface area contributed by atoms with Crippen LogP contribution in [0.5, 0.6) is 0 Å². The van der Waals surface area contributed by atoms with Gasteiger partial charge in [-0.3, -0.25) is 9.59 Å². The van der Waals surface area contributed by atoms with Gasteiger partial charge in [0.2, 0.25) is 5.91 Å². The van der Waals surface area contributed by atoms with Crippen molar-refractivity contribution < 1.29 is 9.59 Å². The van der Waals surface area contributed by atoms with Crippen LogP contribution in [0.3, 0.4) is 0 Å². The molecule has 2 aromatic carbocycles. The summed E-state index contributed by atoms with van der Waals surface area (Å²) < 4.78 is 1.79. The Morgan fingerprint density at radius 2 is 1.85 bits per heavy atom. The molecule has 3 aromatic rings. The molecule has 0 aliphatic rings. The first-order chi connectivity index (χ1) is 15.8. The minimum absolute atomic E-state index is 0.0831. The topological polar surface area (TPSA) is 88.9 Å². The average Bonchev–Trinajstić information content (AvgIpc) is 3.14. The minimum atomic E-state index is -0.460. The van der Waals surface area contributed by atoms with E-state index < -0.39 is 6.04 Å². The van der Waals surface area contributed by atoms with Gasteiger partial charge in [-0.1, -0.05) is 64.8 Å². The summed E-state index contributed by atoms with van der Waals surface area (Å²) in [4.78, 5) is 25.0. The second kappa shape index (κ2) is 11.6. The lowest BCUT2D eigenvalue weighted by Gasteiger charge is -2.15. The molecule has 1 aromatic heterocycles. The summed E-state index contributed by atoms with van der Waals surface area (Å²) in [5.74, 6) is 0.0303. The van der Waals surface area contributed by atoms with Gasteiger partial charge in [0, 0.05) is 22.3 Å². The highest BCUT2D eigenvalue weighted by atomic mass is 35.5. The molecule has 3 rings (SSSR count). The standard InChI is InChI=1S/C22H20Cl3N5O2S/c1-3-8-30-20(13(2)26-21(32)17-6-4-5-7-18(17)25)28-29-22(30)33-12-19(31)27-16-10-14(23)9-15(24)11-16/h3-7,9-11,13H,1,8,12H2,2H3,(H,26,32)(H,27,31)/t13-/m1/s1. The number of nitrogens with one attached hydrogen (secondary N) is 2. The Kier molecular flexibility index (Phi) is 8.80. The van der Waals surface area contributed by atoms with E-state index in [1.54, 1.807) is 60.0 Å². The molecule has 2 N–H and O–H groups in total. The number of halogens is 3. The van der Waals surface area contributed by atoms with Gasteiger partial charge in [-0.2, -0.15) is 0 Å². The number of benzene rings is 2. The number of thioether (sulfide) groups is 1. The Labute approximate surface area is 210 Å². The number of hydrogen-bond acceptors (Lipinski definition) is 5. The van der Waals surface area contributed by atoms with Crippen LogP contribution in [0.1, 0.15) is 29.1 Å². The van der Waals surface area contributed by atoms with Gasteiger partial charge in [-0.15, -0.1) is 16.8 Å². The number of carbonyl (C=O) groups is 2. The largest absolute Gasteiger partial charge is 0.342 e. The number of amides is 2. The number of anilines is 1. The van der Waals surface area contributed by atoms with Crippen LogP contribution in [0.25, 0.3) is 0 Å².